The number of rotatable bonds is 22. The van der Waals surface area contributed by atoms with Crippen LogP contribution in [0.15, 0.2) is 49.6 Å². The molecule has 0 unspecified atom stereocenters. The molecule has 0 saturated carbocycles. The molecule has 0 aromatic heterocycles. The van der Waals surface area contributed by atoms with Crippen molar-refractivity contribution in [3.63, 3.8) is 0 Å². The minimum atomic E-state index is -2.22. The van der Waals surface area contributed by atoms with E-state index in [0.29, 0.717) is 0 Å². The molecule has 69 heavy (non-hydrogen) atoms. The Morgan fingerprint density at radius 1 is 0.638 bits per heavy atom. The van der Waals surface area contributed by atoms with Crippen LogP contribution in [0.3, 0.4) is 0 Å². The number of hydrogen-bond acceptors (Lipinski definition) is 14. The molecular weight excluding hydrogens is 925 g/mol. The fraction of sp³-hybridized carbons (Fsp3) is 0.551. The summed E-state index contributed by atoms with van der Waals surface area (Å²) in [7, 11) is -1.62. The van der Waals surface area contributed by atoms with Crippen molar-refractivity contribution in [1.29, 1.82) is 0 Å². The monoisotopic (exact) mass is 996 g/mol. The van der Waals surface area contributed by atoms with Crippen LogP contribution < -0.4 is 29.6 Å². The van der Waals surface area contributed by atoms with Gasteiger partial charge in [-0.3, -0.25) is 29.8 Å². The quantitative estimate of drug-likeness (QED) is 0.0644. The zero-order chi connectivity index (χ0) is 51.5. The van der Waals surface area contributed by atoms with E-state index in [9.17, 15) is 28.8 Å². The Balaban J connectivity index is 1.56. The van der Waals surface area contributed by atoms with E-state index in [1.165, 1.54) is 60.4 Å². The van der Waals surface area contributed by atoms with Crippen LogP contribution in [0.1, 0.15) is 81.5 Å². The summed E-state index contributed by atoms with van der Waals surface area (Å²) in [6, 6.07) is 4.74. The van der Waals surface area contributed by atoms with Gasteiger partial charge in [-0.1, -0.05) is 66.9 Å². The van der Waals surface area contributed by atoms with Gasteiger partial charge in [-0.2, -0.15) is 0 Å². The molecule has 2 aliphatic rings. The minimum absolute atomic E-state index is 0.0447. The van der Waals surface area contributed by atoms with Crippen molar-refractivity contribution in [2.75, 3.05) is 77.6 Å². The SMILES string of the molecule is C=CCOC(=O)Nc1cc(OCCCOc2cc(NC(=O)OCC=C)c(C(=O)N3CC(=O)C[C@H]3CO[Si](C)(C)C(C)(C)C)cc2OC)c(OC)cc1C(=O)N1CC(=O)C[C@H]1CO[Si](C)(C)C(C)(C)C. The van der Waals surface area contributed by atoms with E-state index in [2.05, 4.69) is 91.5 Å². The van der Waals surface area contributed by atoms with E-state index in [-0.39, 0.29) is 139 Å². The Kier molecular flexibility index (Phi) is 19.2. The molecule has 0 spiro atoms. The average molecular weight is 997 g/mol. The van der Waals surface area contributed by atoms with Gasteiger partial charge in [-0.25, -0.2) is 9.59 Å². The van der Waals surface area contributed by atoms with Crippen molar-refractivity contribution in [2.24, 2.45) is 0 Å². The van der Waals surface area contributed by atoms with Gasteiger partial charge in [0.25, 0.3) is 11.8 Å². The molecule has 4 rings (SSSR count). The summed E-state index contributed by atoms with van der Waals surface area (Å²) in [6.45, 7) is 28.3. The van der Waals surface area contributed by atoms with Gasteiger partial charge in [0.05, 0.1) is 88.3 Å². The van der Waals surface area contributed by atoms with Gasteiger partial charge in [0.1, 0.15) is 13.2 Å². The number of Topliss-reactive ketones (excluding diaryl/α,β-unsaturated/α-hetero) is 2. The smallest absolute Gasteiger partial charge is 0.411 e. The first-order valence-corrected chi connectivity index (χ1v) is 28.8. The van der Waals surface area contributed by atoms with E-state index < -0.39 is 52.7 Å². The highest BCUT2D eigenvalue weighted by atomic mass is 28.4. The zero-order valence-corrected chi connectivity index (χ0v) is 44.4. The molecule has 2 saturated heterocycles. The third kappa shape index (κ3) is 14.7. The molecule has 2 aromatic rings. The maximum atomic E-state index is 14.3. The summed E-state index contributed by atoms with van der Waals surface area (Å²) in [5, 5.41) is 5.08. The van der Waals surface area contributed by atoms with Gasteiger partial charge >= 0.3 is 12.2 Å². The second-order valence-corrected chi connectivity index (χ2v) is 29.6. The molecule has 20 heteroatoms. The third-order valence-corrected chi connectivity index (χ3v) is 21.9. The van der Waals surface area contributed by atoms with Gasteiger partial charge in [-0.15, -0.1) is 0 Å². The van der Waals surface area contributed by atoms with Gasteiger partial charge in [0.15, 0.2) is 51.2 Å². The van der Waals surface area contributed by atoms with Crippen LogP contribution in [-0.2, 0) is 27.9 Å². The lowest BCUT2D eigenvalue weighted by atomic mass is 10.1. The number of benzene rings is 2. The number of likely N-dealkylation sites (tertiary alicyclic amines) is 2. The van der Waals surface area contributed by atoms with E-state index in [4.69, 9.17) is 37.3 Å². The lowest BCUT2D eigenvalue weighted by Crippen LogP contribution is -2.46. The van der Waals surface area contributed by atoms with E-state index >= 15 is 0 Å². The maximum Gasteiger partial charge on any atom is 0.411 e. The molecule has 2 aromatic carbocycles. The zero-order valence-electron chi connectivity index (χ0n) is 42.4. The number of ketones is 2. The highest BCUT2D eigenvalue weighted by Crippen LogP contribution is 2.40. The number of anilines is 2. The fourth-order valence-electron chi connectivity index (χ4n) is 6.85. The second-order valence-electron chi connectivity index (χ2n) is 20.0. The van der Waals surface area contributed by atoms with E-state index in [1.54, 1.807) is 0 Å². The van der Waals surface area contributed by atoms with Crippen LogP contribution in [0.2, 0.25) is 36.3 Å². The van der Waals surface area contributed by atoms with Crippen LogP contribution >= 0.6 is 0 Å². The van der Waals surface area contributed by atoms with E-state index in [1.807, 2.05) is 0 Å². The number of hydrogen-bond donors (Lipinski definition) is 2. The number of nitrogens with one attached hydrogen (secondary N) is 2. The number of methoxy groups -OCH3 is 2. The number of nitrogens with zero attached hydrogens (tertiary/aromatic N) is 2. The topological polar surface area (TPSA) is 207 Å². The van der Waals surface area contributed by atoms with Crippen molar-refractivity contribution >= 4 is 63.6 Å². The number of ether oxygens (including phenoxy) is 6. The van der Waals surface area contributed by atoms with Crippen molar-refractivity contribution in [3.8, 4) is 23.0 Å². The standard InChI is InChI=1S/C49H72N4O14Si2/c1-15-18-64-46(58)50-38-26-42(40(60-9)24-36(38)44(56)52-28-34(54)22-32(52)30-66-68(11,12)48(3,4)5)62-20-17-21-63-43-27-39(51-47(59)65-19-16-2)37(25-41(43)61-10)45(57)53-29-35(55)23-33(53)31-67-69(13,14)49(6,7)8/h15-16,24-27,32-33H,1-2,17-23,28-31H2,3-14H3,(H,50,58)(H,51,59)/t32-,33-/m0/s1. The predicted molar refractivity (Wildman–Crippen MR) is 267 cm³/mol. The summed E-state index contributed by atoms with van der Waals surface area (Å²) in [6.07, 6.45) is 1.65. The molecule has 0 bridgehead atoms. The average Bonchev–Trinajstić information content (AvgIpc) is 3.85. The molecule has 2 atom stereocenters. The van der Waals surface area contributed by atoms with Gasteiger partial charge in [0.2, 0.25) is 0 Å². The van der Waals surface area contributed by atoms with Crippen LogP contribution in [0.4, 0.5) is 21.0 Å². The molecule has 0 radical (unpaired) electrons. The summed E-state index contributed by atoms with van der Waals surface area (Å²) in [5.41, 5.74) is 0.207. The summed E-state index contributed by atoms with van der Waals surface area (Å²) in [4.78, 5) is 82.9. The van der Waals surface area contributed by atoms with Crippen LogP contribution in [0.5, 0.6) is 23.0 Å². The number of carbonyl (C=O) groups excluding carboxylic acids is 6. The van der Waals surface area contributed by atoms with Gasteiger partial charge < -0.3 is 47.1 Å². The highest BCUT2D eigenvalue weighted by molar-refractivity contribution is 6.74. The Morgan fingerprint density at radius 3 is 1.32 bits per heavy atom. The van der Waals surface area contributed by atoms with E-state index in [0.717, 1.165) is 0 Å². The lowest BCUT2D eigenvalue weighted by molar-refractivity contribution is -0.117. The molecule has 380 valence electrons. The first-order valence-electron chi connectivity index (χ1n) is 23.0. The number of amides is 4. The Labute approximate surface area is 408 Å². The first kappa shape index (κ1) is 55.9. The number of carbonyl (C=O) groups is 6. The Morgan fingerprint density at radius 2 is 1.00 bits per heavy atom. The molecular formula is C49H72N4O14Si2. The Hall–Kier alpha value is -5.71. The highest BCUT2D eigenvalue weighted by Gasteiger charge is 2.43. The molecule has 2 aliphatic heterocycles. The summed E-state index contributed by atoms with van der Waals surface area (Å²) in [5.74, 6) is -0.539. The minimum Gasteiger partial charge on any atom is -0.493 e. The molecule has 2 N–H and O–H groups in total. The molecule has 18 nitrogen and oxygen atoms in total. The molecule has 0 aliphatic carbocycles. The second kappa shape index (κ2) is 23.7. The lowest BCUT2D eigenvalue weighted by Gasteiger charge is -2.37. The first-order chi connectivity index (χ1) is 32.3. The van der Waals surface area contributed by atoms with Crippen LogP contribution in [0.25, 0.3) is 0 Å². The summed E-state index contributed by atoms with van der Waals surface area (Å²) >= 11 is 0. The van der Waals surface area contributed by atoms with Gasteiger partial charge in [-0.05, 0) is 48.4 Å². The molecule has 4 amide bonds. The van der Waals surface area contributed by atoms with Crippen LogP contribution in [-0.4, -0.2) is 141 Å². The van der Waals surface area contributed by atoms with Crippen molar-refractivity contribution < 1.29 is 66.0 Å². The van der Waals surface area contributed by atoms with Gasteiger partial charge in [0, 0.05) is 31.4 Å². The molecule has 2 heterocycles. The molecule has 2 fully saturated rings. The predicted octanol–water partition coefficient (Wildman–Crippen LogP) is 8.63. The third-order valence-electron chi connectivity index (χ3n) is 12.9. The Bertz CT molecular complexity index is 2080. The fourth-order valence-corrected chi connectivity index (χ4v) is 8.93. The summed E-state index contributed by atoms with van der Waals surface area (Å²) < 4.78 is 46.8. The van der Waals surface area contributed by atoms with Crippen molar-refractivity contribution in [3.05, 3.63) is 60.7 Å². The van der Waals surface area contributed by atoms with Crippen molar-refractivity contribution in [1.82, 2.24) is 9.80 Å². The normalized spacial score (nSPS) is 16.5. The van der Waals surface area contributed by atoms with Crippen LogP contribution in [0, 0.1) is 0 Å². The van der Waals surface area contributed by atoms with Crippen molar-refractivity contribution in [2.45, 2.75) is 109 Å². The maximum absolute atomic E-state index is 14.3. The largest absolute Gasteiger partial charge is 0.493 e.